The highest BCUT2D eigenvalue weighted by molar-refractivity contribution is 14.1. The molecule has 1 rings (SSSR count). The van der Waals surface area contributed by atoms with E-state index in [4.69, 9.17) is 10.00 Å². The fourth-order valence-electron chi connectivity index (χ4n) is 1.89. The number of nitriles is 1. The molecule has 0 saturated carbocycles. The summed E-state index contributed by atoms with van der Waals surface area (Å²) in [7, 11) is 0. The Bertz CT molecular complexity index is 440. The average molecular weight is 499 g/mol. The minimum Gasteiger partial charge on any atom is -0.439 e. The van der Waals surface area contributed by atoms with Gasteiger partial charge in [-0.1, -0.05) is 38.7 Å². The van der Waals surface area contributed by atoms with Crippen LogP contribution in [0.2, 0.25) is 0 Å². The summed E-state index contributed by atoms with van der Waals surface area (Å²) in [6, 6.07) is 2.17. The topological polar surface area (TPSA) is 50.1 Å². The minimum atomic E-state index is -0.730. The fourth-order valence-corrected chi connectivity index (χ4v) is 3.20. The second kappa shape index (κ2) is 9.03. The van der Waals surface area contributed by atoms with Crippen molar-refractivity contribution in [2.45, 2.75) is 49.1 Å². The lowest BCUT2D eigenvalue weighted by Crippen LogP contribution is -2.28. The lowest BCUT2D eigenvalue weighted by atomic mass is 10.0. The van der Waals surface area contributed by atoms with Gasteiger partial charge in [-0.2, -0.15) is 5.26 Å². The number of hydrogen-bond donors (Lipinski definition) is 0. The predicted octanol–water partition coefficient (Wildman–Crippen LogP) is 5.05. The SMILES string of the molecule is CCCCCCCC(=O)OC1(I)C=CC(C#N)C=C1I. The molecule has 0 aliphatic heterocycles. The Balaban J connectivity index is 2.42. The largest absolute Gasteiger partial charge is 0.439 e. The summed E-state index contributed by atoms with van der Waals surface area (Å²) in [5.41, 5.74) is 0. The number of esters is 1. The maximum atomic E-state index is 11.9. The predicted molar refractivity (Wildman–Crippen MR) is 96.6 cm³/mol. The number of carbonyl (C=O) groups excluding carboxylic acids is 1. The average Bonchev–Trinajstić information content (AvgIpc) is 2.42. The van der Waals surface area contributed by atoms with E-state index in [2.05, 4.69) is 58.2 Å². The van der Waals surface area contributed by atoms with Crippen LogP contribution in [0.4, 0.5) is 0 Å². The number of carbonyl (C=O) groups is 1. The fraction of sp³-hybridized carbons (Fsp3) is 0.600. The lowest BCUT2D eigenvalue weighted by molar-refractivity contribution is -0.146. The van der Waals surface area contributed by atoms with Crippen molar-refractivity contribution in [1.82, 2.24) is 0 Å². The number of rotatable bonds is 7. The Kier molecular flexibility index (Phi) is 8.10. The van der Waals surface area contributed by atoms with Gasteiger partial charge in [-0.15, -0.1) is 0 Å². The molecule has 110 valence electrons. The van der Waals surface area contributed by atoms with Crippen LogP contribution in [0.1, 0.15) is 45.4 Å². The second-order valence-electron chi connectivity index (χ2n) is 4.81. The zero-order chi connectivity index (χ0) is 15.0. The molecule has 20 heavy (non-hydrogen) atoms. The van der Waals surface area contributed by atoms with Crippen LogP contribution in [-0.4, -0.2) is 9.58 Å². The van der Waals surface area contributed by atoms with Crippen LogP contribution in [0.3, 0.4) is 0 Å². The van der Waals surface area contributed by atoms with Crippen molar-refractivity contribution in [2.75, 3.05) is 0 Å². The molecule has 1 aliphatic carbocycles. The molecule has 0 aromatic carbocycles. The molecule has 0 radical (unpaired) electrons. The van der Waals surface area contributed by atoms with Crippen molar-refractivity contribution in [3.05, 3.63) is 21.8 Å². The Hall–Kier alpha value is -0.100. The molecule has 0 spiro atoms. The van der Waals surface area contributed by atoms with Gasteiger partial charge in [-0.25, -0.2) is 0 Å². The smallest absolute Gasteiger partial charge is 0.307 e. The number of unbranched alkanes of at least 4 members (excludes halogenated alkanes) is 4. The van der Waals surface area contributed by atoms with E-state index in [9.17, 15) is 4.79 Å². The van der Waals surface area contributed by atoms with Crippen molar-refractivity contribution >= 4 is 51.2 Å². The zero-order valence-electron chi connectivity index (χ0n) is 11.6. The molecule has 0 N–H and O–H groups in total. The molecule has 5 heteroatoms. The summed E-state index contributed by atoms with van der Waals surface area (Å²) in [4.78, 5) is 11.9. The lowest BCUT2D eigenvalue weighted by Gasteiger charge is -2.27. The zero-order valence-corrected chi connectivity index (χ0v) is 15.9. The van der Waals surface area contributed by atoms with Crippen molar-refractivity contribution in [3.8, 4) is 6.07 Å². The van der Waals surface area contributed by atoms with E-state index in [1.165, 1.54) is 19.3 Å². The van der Waals surface area contributed by atoms with Gasteiger partial charge in [0.1, 0.15) is 0 Å². The third kappa shape index (κ3) is 5.72. The van der Waals surface area contributed by atoms with Gasteiger partial charge in [0.15, 0.2) is 0 Å². The van der Waals surface area contributed by atoms with Crippen LogP contribution < -0.4 is 0 Å². The summed E-state index contributed by atoms with van der Waals surface area (Å²) in [5, 5.41) is 8.89. The molecule has 0 bridgehead atoms. The molecule has 0 saturated heterocycles. The maximum absolute atomic E-state index is 11.9. The summed E-state index contributed by atoms with van der Waals surface area (Å²) in [6.45, 7) is 2.17. The van der Waals surface area contributed by atoms with Gasteiger partial charge in [-0.05, 0) is 63.8 Å². The van der Waals surface area contributed by atoms with Gasteiger partial charge in [0, 0.05) is 10.0 Å². The van der Waals surface area contributed by atoms with Crippen LogP contribution in [-0.2, 0) is 9.53 Å². The summed E-state index contributed by atoms with van der Waals surface area (Å²) >= 11 is 4.25. The van der Waals surface area contributed by atoms with Crippen molar-refractivity contribution < 1.29 is 9.53 Å². The van der Waals surface area contributed by atoms with Gasteiger partial charge in [-0.3, -0.25) is 4.79 Å². The van der Waals surface area contributed by atoms with Gasteiger partial charge >= 0.3 is 5.97 Å². The first-order valence-electron chi connectivity index (χ1n) is 6.89. The first kappa shape index (κ1) is 18.0. The van der Waals surface area contributed by atoms with Crippen LogP contribution >= 0.6 is 45.2 Å². The van der Waals surface area contributed by atoms with Gasteiger partial charge in [0.05, 0.1) is 12.0 Å². The number of alkyl halides is 1. The van der Waals surface area contributed by atoms with E-state index in [1.807, 2.05) is 6.08 Å². The molecule has 0 aromatic heterocycles. The Labute approximate surface area is 148 Å². The first-order chi connectivity index (χ1) is 9.51. The summed E-state index contributed by atoms with van der Waals surface area (Å²) < 4.78 is 5.71. The maximum Gasteiger partial charge on any atom is 0.307 e. The number of hydrogen-bond acceptors (Lipinski definition) is 3. The summed E-state index contributed by atoms with van der Waals surface area (Å²) in [5.74, 6) is -0.393. The van der Waals surface area contributed by atoms with E-state index in [1.54, 1.807) is 12.2 Å². The standard InChI is InChI=1S/C15H19I2NO2/c1-2-3-4-5-6-7-14(19)20-15(17)9-8-12(11-18)10-13(15)16/h8-10,12H,2-7H2,1H3. The molecule has 0 amide bonds. The number of halogens is 2. The van der Waals surface area contributed by atoms with E-state index < -0.39 is 3.61 Å². The normalized spacial score (nSPS) is 24.9. The quantitative estimate of drug-likeness (QED) is 0.162. The number of nitrogens with zero attached hydrogens (tertiary/aromatic N) is 1. The monoisotopic (exact) mass is 499 g/mol. The highest BCUT2D eigenvalue weighted by Crippen LogP contribution is 2.40. The second-order valence-corrected chi connectivity index (χ2v) is 7.58. The first-order valence-corrected chi connectivity index (χ1v) is 9.05. The van der Waals surface area contributed by atoms with Gasteiger partial charge in [0.2, 0.25) is 3.61 Å². The number of ether oxygens (including phenoxy) is 1. The minimum absolute atomic E-state index is 0.168. The molecule has 3 nitrogen and oxygen atoms in total. The molecular formula is C15H19I2NO2. The van der Waals surface area contributed by atoms with E-state index >= 15 is 0 Å². The number of allylic oxidation sites excluding steroid dienone is 2. The highest BCUT2D eigenvalue weighted by Gasteiger charge is 2.34. The molecule has 0 heterocycles. The van der Waals surface area contributed by atoms with Crippen LogP contribution in [0.5, 0.6) is 0 Å². The third-order valence-electron chi connectivity index (χ3n) is 3.07. The molecule has 0 aromatic rings. The Morgan fingerprint density at radius 1 is 1.45 bits per heavy atom. The van der Waals surface area contributed by atoms with Gasteiger partial charge in [0.25, 0.3) is 0 Å². The highest BCUT2D eigenvalue weighted by atomic mass is 127. The van der Waals surface area contributed by atoms with E-state index in [0.717, 1.165) is 16.4 Å². The molecule has 0 fully saturated rings. The van der Waals surface area contributed by atoms with Crippen molar-refractivity contribution in [3.63, 3.8) is 0 Å². The summed E-state index contributed by atoms with van der Waals surface area (Å²) in [6.07, 6.45) is 11.5. The third-order valence-corrected chi connectivity index (χ3v) is 6.42. The molecule has 2 atom stereocenters. The van der Waals surface area contributed by atoms with E-state index in [0.29, 0.717) is 6.42 Å². The Morgan fingerprint density at radius 3 is 2.75 bits per heavy atom. The van der Waals surface area contributed by atoms with Gasteiger partial charge < -0.3 is 4.74 Å². The molecular weight excluding hydrogens is 480 g/mol. The van der Waals surface area contributed by atoms with Crippen molar-refractivity contribution in [2.24, 2.45) is 5.92 Å². The molecule has 1 aliphatic rings. The molecule has 2 unspecified atom stereocenters. The van der Waals surface area contributed by atoms with Crippen molar-refractivity contribution in [1.29, 1.82) is 5.26 Å². The van der Waals surface area contributed by atoms with Crippen LogP contribution in [0, 0.1) is 17.2 Å². The van der Waals surface area contributed by atoms with E-state index in [-0.39, 0.29) is 11.9 Å². The van der Waals surface area contributed by atoms with Crippen LogP contribution in [0.25, 0.3) is 0 Å². The van der Waals surface area contributed by atoms with Crippen LogP contribution in [0.15, 0.2) is 21.8 Å². The Morgan fingerprint density at radius 2 is 2.15 bits per heavy atom.